The minimum absolute atomic E-state index is 0.0256. The molecule has 0 aromatic rings. The fraction of sp³-hybridized carbons (Fsp3) is 0.773. The van der Waals surface area contributed by atoms with Crippen LogP contribution in [-0.4, -0.2) is 190 Å². The van der Waals surface area contributed by atoms with Gasteiger partial charge in [-0.25, -0.2) is 0 Å². The molecule has 0 saturated heterocycles. The number of nitrogens with one attached hydrogen (secondary N) is 1. The third kappa shape index (κ3) is 15.9. The summed E-state index contributed by atoms with van der Waals surface area (Å²) in [5.41, 5.74) is 0. The molecule has 0 spiro atoms. The van der Waals surface area contributed by atoms with E-state index in [1.165, 1.54) is 9.80 Å². The maximum Gasteiger partial charge on any atom is 0.321 e. The van der Waals surface area contributed by atoms with Crippen molar-refractivity contribution in [3.8, 4) is 0 Å². The molecule has 0 heterocycles. The molecule has 0 fully saturated rings. The maximum atomic E-state index is 12.6. The van der Waals surface area contributed by atoms with E-state index in [9.17, 15) is 29.1 Å². The quantitative estimate of drug-likeness (QED) is 0.0507. The highest BCUT2D eigenvalue weighted by atomic mass is 16.4. The lowest BCUT2D eigenvalue weighted by molar-refractivity contribution is -0.151. The highest BCUT2D eigenvalue weighted by molar-refractivity contribution is 5.83. The van der Waals surface area contributed by atoms with Crippen molar-refractivity contribution in [3.05, 3.63) is 0 Å². The van der Waals surface area contributed by atoms with Gasteiger partial charge in [-0.05, 0) is 0 Å². The molecule has 0 rings (SSSR count). The lowest BCUT2D eigenvalue weighted by Crippen LogP contribution is -2.51. The number of carboxylic acids is 3. The van der Waals surface area contributed by atoms with Gasteiger partial charge >= 0.3 is 17.9 Å². The molecule has 0 aliphatic heterocycles. The van der Waals surface area contributed by atoms with Crippen LogP contribution in [0.4, 0.5) is 0 Å². The summed E-state index contributed by atoms with van der Waals surface area (Å²) in [4.78, 5) is 64.1. The molecule has 226 valence electrons. The molecular formula is C22H41N5O12. The van der Waals surface area contributed by atoms with Crippen LogP contribution in [0.2, 0.25) is 0 Å². The first-order valence-corrected chi connectivity index (χ1v) is 12.3. The molecular weight excluding hydrogens is 526 g/mol. The normalized spacial score (nSPS) is 11.9. The zero-order valence-electron chi connectivity index (χ0n) is 21.9. The van der Waals surface area contributed by atoms with Crippen LogP contribution in [0.25, 0.3) is 0 Å². The fourth-order valence-electron chi connectivity index (χ4n) is 3.64. The Morgan fingerprint density at radius 2 is 1.05 bits per heavy atom. The molecule has 17 heteroatoms. The third-order valence-electron chi connectivity index (χ3n) is 5.52. The van der Waals surface area contributed by atoms with Crippen LogP contribution in [0.15, 0.2) is 0 Å². The van der Waals surface area contributed by atoms with E-state index in [2.05, 4.69) is 5.32 Å². The average molecular weight is 568 g/mol. The van der Waals surface area contributed by atoms with Gasteiger partial charge in [0.05, 0.1) is 52.5 Å². The second kappa shape index (κ2) is 21.0. The first-order chi connectivity index (χ1) is 18.5. The monoisotopic (exact) mass is 567 g/mol. The molecule has 0 saturated carbocycles. The van der Waals surface area contributed by atoms with E-state index in [4.69, 9.17) is 30.6 Å². The molecule has 8 N–H and O–H groups in total. The van der Waals surface area contributed by atoms with E-state index in [1.54, 1.807) is 0 Å². The smallest absolute Gasteiger partial charge is 0.321 e. The molecule has 1 unspecified atom stereocenters. The van der Waals surface area contributed by atoms with Gasteiger partial charge in [0.1, 0.15) is 6.04 Å². The summed E-state index contributed by atoms with van der Waals surface area (Å²) in [5.74, 6) is -5.13. The predicted molar refractivity (Wildman–Crippen MR) is 134 cm³/mol. The Balaban J connectivity index is 5.24. The second-order valence-corrected chi connectivity index (χ2v) is 8.43. The van der Waals surface area contributed by atoms with E-state index in [0.29, 0.717) is 0 Å². The summed E-state index contributed by atoms with van der Waals surface area (Å²) in [6, 6.07) is -1.54. The van der Waals surface area contributed by atoms with E-state index in [0.717, 1.165) is 9.80 Å². The number of aliphatic carboxylic acids is 3. The van der Waals surface area contributed by atoms with E-state index >= 15 is 0 Å². The number of carbonyl (C=O) groups is 5. The molecule has 0 radical (unpaired) electrons. The van der Waals surface area contributed by atoms with Gasteiger partial charge < -0.3 is 50.9 Å². The van der Waals surface area contributed by atoms with Gasteiger partial charge in [0, 0.05) is 52.4 Å². The maximum absolute atomic E-state index is 12.6. The molecule has 17 nitrogen and oxygen atoms in total. The Kier molecular flexibility index (Phi) is 19.4. The Labute approximate surface area is 225 Å². The Morgan fingerprint density at radius 1 is 0.590 bits per heavy atom. The molecule has 0 aliphatic rings. The van der Waals surface area contributed by atoms with Gasteiger partial charge in [-0.15, -0.1) is 0 Å². The Morgan fingerprint density at radius 3 is 1.46 bits per heavy atom. The second-order valence-electron chi connectivity index (χ2n) is 8.43. The van der Waals surface area contributed by atoms with Crippen molar-refractivity contribution >= 4 is 29.7 Å². The van der Waals surface area contributed by atoms with Gasteiger partial charge in [-0.3, -0.25) is 33.8 Å². The molecule has 0 aromatic carbocycles. The number of carboxylic acid groups (broad SMARTS) is 3. The average Bonchev–Trinajstić information content (AvgIpc) is 2.85. The number of hydrogen-bond donors (Lipinski definition) is 8. The first-order valence-electron chi connectivity index (χ1n) is 12.3. The SMILES string of the molecule is O=C(O)CC(C(=O)O)N(CCNCCN(CC(=O)O)CC(=O)N(CCO)CCO)CC(=O)N(CCO)CCO. The highest BCUT2D eigenvalue weighted by Crippen LogP contribution is 2.07. The van der Waals surface area contributed by atoms with Gasteiger partial charge in [0.2, 0.25) is 11.8 Å². The summed E-state index contributed by atoms with van der Waals surface area (Å²) in [6.07, 6.45) is -0.782. The van der Waals surface area contributed by atoms with E-state index in [-0.39, 0.29) is 72.1 Å². The first kappa shape index (κ1) is 36.1. The summed E-state index contributed by atoms with van der Waals surface area (Å²) < 4.78 is 0. The predicted octanol–water partition coefficient (Wildman–Crippen LogP) is -5.18. The Bertz CT molecular complexity index is 760. The summed E-state index contributed by atoms with van der Waals surface area (Å²) in [7, 11) is 0. The van der Waals surface area contributed by atoms with Crippen LogP contribution >= 0.6 is 0 Å². The molecule has 0 aliphatic carbocycles. The van der Waals surface area contributed by atoms with E-state index < -0.39 is 68.5 Å². The van der Waals surface area contributed by atoms with Crippen LogP contribution in [0.3, 0.4) is 0 Å². The number of hydrogen-bond acceptors (Lipinski definition) is 12. The summed E-state index contributed by atoms with van der Waals surface area (Å²) in [5, 5.41) is 67.3. The van der Waals surface area contributed by atoms with Crippen molar-refractivity contribution < 1.29 is 59.7 Å². The topological polar surface area (TPSA) is 252 Å². The van der Waals surface area contributed by atoms with Crippen molar-refractivity contribution in [2.75, 3.05) is 98.4 Å². The number of carbonyl (C=O) groups excluding carboxylic acids is 2. The number of nitrogens with zero attached hydrogens (tertiary/aromatic N) is 4. The third-order valence-corrected chi connectivity index (χ3v) is 5.52. The van der Waals surface area contributed by atoms with E-state index in [1.807, 2.05) is 0 Å². The summed E-state index contributed by atoms with van der Waals surface area (Å²) >= 11 is 0. The lowest BCUT2D eigenvalue weighted by Gasteiger charge is -2.30. The molecule has 0 bridgehead atoms. The van der Waals surface area contributed by atoms with Gasteiger partial charge in [0.25, 0.3) is 0 Å². The minimum atomic E-state index is -1.54. The van der Waals surface area contributed by atoms with Crippen molar-refractivity contribution in [1.29, 1.82) is 0 Å². The highest BCUT2D eigenvalue weighted by Gasteiger charge is 2.30. The van der Waals surface area contributed by atoms with Gasteiger partial charge in [-0.1, -0.05) is 0 Å². The number of aliphatic hydroxyl groups is 4. The van der Waals surface area contributed by atoms with Crippen LogP contribution in [0.1, 0.15) is 6.42 Å². The zero-order chi connectivity index (χ0) is 29.8. The fourth-order valence-corrected chi connectivity index (χ4v) is 3.64. The Hall–Kier alpha value is -2.93. The lowest BCUT2D eigenvalue weighted by atomic mass is 10.1. The molecule has 0 aromatic heterocycles. The zero-order valence-corrected chi connectivity index (χ0v) is 21.9. The van der Waals surface area contributed by atoms with Crippen molar-refractivity contribution in [1.82, 2.24) is 24.9 Å². The molecule has 39 heavy (non-hydrogen) atoms. The van der Waals surface area contributed by atoms with Crippen molar-refractivity contribution in [2.24, 2.45) is 0 Å². The van der Waals surface area contributed by atoms with Crippen LogP contribution in [0.5, 0.6) is 0 Å². The van der Waals surface area contributed by atoms with Crippen LogP contribution in [-0.2, 0) is 24.0 Å². The minimum Gasteiger partial charge on any atom is -0.481 e. The van der Waals surface area contributed by atoms with Gasteiger partial charge in [0.15, 0.2) is 0 Å². The van der Waals surface area contributed by atoms with Crippen molar-refractivity contribution in [3.63, 3.8) is 0 Å². The van der Waals surface area contributed by atoms with Crippen LogP contribution < -0.4 is 5.32 Å². The number of amides is 2. The standard InChI is InChI=1S/C22H41N5O12/c28-9-5-25(6-10-29)18(32)14-24(16-21(36)37)3-1-23-2-4-27(17(22(38)39)13-20(34)35)15-19(33)26(7-11-30)8-12-31/h17,23,28-31H,1-16H2,(H,34,35)(H,36,37)(H,38,39). The van der Waals surface area contributed by atoms with Crippen molar-refractivity contribution in [2.45, 2.75) is 12.5 Å². The molecule has 2 amide bonds. The summed E-state index contributed by atoms with van der Waals surface area (Å²) in [6.45, 7) is -2.72. The number of rotatable bonds is 24. The van der Waals surface area contributed by atoms with Crippen LogP contribution in [0, 0.1) is 0 Å². The largest absolute Gasteiger partial charge is 0.481 e. The van der Waals surface area contributed by atoms with Gasteiger partial charge in [-0.2, -0.15) is 0 Å². The number of aliphatic hydroxyl groups excluding tert-OH is 4. The molecule has 1 atom stereocenters.